The van der Waals surface area contributed by atoms with E-state index in [1.165, 1.54) is 0 Å². The molecule has 0 fully saturated rings. The maximum Gasteiger partial charge on any atom is 0.279 e. The van der Waals surface area contributed by atoms with Crippen molar-refractivity contribution in [3.8, 4) is 11.5 Å². The molecule has 1 atom stereocenters. The van der Waals surface area contributed by atoms with E-state index in [0.717, 1.165) is 23.6 Å². The molecule has 6 heteroatoms. The van der Waals surface area contributed by atoms with E-state index < -0.39 is 17.9 Å². The molecule has 0 aliphatic carbocycles. The minimum atomic E-state index is -0.782. The van der Waals surface area contributed by atoms with Crippen LogP contribution in [-0.2, 0) is 4.79 Å². The molecule has 6 nitrogen and oxygen atoms in total. The second-order valence-electron chi connectivity index (χ2n) is 6.94. The van der Waals surface area contributed by atoms with Gasteiger partial charge in [-0.15, -0.1) is 0 Å². The number of carbonyl (C=O) groups is 2. The standard InChI is InChI=1S/C24H26N2O4/c1-3-4-14-29-21-11-7-10-20(16-21)24(28)26-25-23(27)17(2)30-22-13-12-18-8-5-6-9-19(18)15-22/h5-13,15-17H,3-4,14H2,1-2H3,(H,25,27)(H,26,28). The number of nitrogens with one attached hydrogen (secondary N) is 2. The highest BCUT2D eigenvalue weighted by Gasteiger charge is 2.16. The Labute approximate surface area is 176 Å². The van der Waals surface area contributed by atoms with E-state index in [4.69, 9.17) is 9.47 Å². The molecule has 3 rings (SSSR count). The lowest BCUT2D eigenvalue weighted by atomic mass is 10.1. The number of rotatable bonds is 8. The summed E-state index contributed by atoms with van der Waals surface area (Å²) >= 11 is 0. The Morgan fingerprint density at radius 2 is 1.70 bits per heavy atom. The molecule has 3 aromatic rings. The van der Waals surface area contributed by atoms with E-state index in [1.54, 1.807) is 31.2 Å². The molecule has 156 valence electrons. The summed E-state index contributed by atoms with van der Waals surface area (Å²) in [6, 6.07) is 20.4. The normalized spacial score (nSPS) is 11.5. The van der Waals surface area contributed by atoms with Crippen LogP contribution in [0.5, 0.6) is 11.5 Å². The van der Waals surface area contributed by atoms with Gasteiger partial charge in [-0.05, 0) is 54.4 Å². The Bertz CT molecular complexity index is 1020. The van der Waals surface area contributed by atoms with Crippen LogP contribution < -0.4 is 20.3 Å². The maximum absolute atomic E-state index is 12.3. The van der Waals surface area contributed by atoms with Gasteiger partial charge in [0, 0.05) is 5.56 Å². The smallest absolute Gasteiger partial charge is 0.279 e. The van der Waals surface area contributed by atoms with Gasteiger partial charge in [-0.1, -0.05) is 49.7 Å². The molecular weight excluding hydrogens is 380 g/mol. The molecule has 1 unspecified atom stereocenters. The third kappa shape index (κ3) is 5.73. The molecule has 0 saturated carbocycles. The van der Waals surface area contributed by atoms with Crippen molar-refractivity contribution in [1.29, 1.82) is 0 Å². The van der Waals surface area contributed by atoms with Gasteiger partial charge in [0.2, 0.25) is 0 Å². The minimum absolute atomic E-state index is 0.396. The first-order valence-corrected chi connectivity index (χ1v) is 10.1. The molecule has 0 aliphatic rings. The number of fused-ring (bicyclic) bond motifs is 1. The molecular formula is C24H26N2O4. The van der Waals surface area contributed by atoms with Crippen LogP contribution >= 0.6 is 0 Å². The van der Waals surface area contributed by atoms with Crippen molar-refractivity contribution in [3.63, 3.8) is 0 Å². The van der Waals surface area contributed by atoms with Crippen molar-refractivity contribution in [2.45, 2.75) is 32.8 Å². The van der Waals surface area contributed by atoms with E-state index in [9.17, 15) is 9.59 Å². The number of hydrogen-bond acceptors (Lipinski definition) is 4. The van der Waals surface area contributed by atoms with E-state index in [0.29, 0.717) is 23.7 Å². The lowest BCUT2D eigenvalue weighted by molar-refractivity contribution is -0.128. The lowest BCUT2D eigenvalue weighted by Gasteiger charge is -2.16. The predicted molar refractivity (Wildman–Crippen MR) is 116 cm³/mol. The van der Waals surface area contributed by atoms with Gasteiger partial charge in [-0.2, -0.15) is 0 Å². The SMILES string of the molecule is CCCCOc1cccc(C(=O)NNC(=O)C(C)Oc2ccc3ccccc3c2)c1. The molecule has 30 heavy (non-hydrogen) atoms. The van der Waals surface area contributed by atoms with Crippen molar-refractivity contribution in [3.05, 3.63) is 72.3 Å². The number of hydrazine groups is 1. The summed E-state index contributed by atoms with van der Waals surface area (Å²) in [5, 5.41) is 2.12. The second-order valence-corrected chi connectivity index (χ2v) is 6.94. The molecule has 0 bridgehead atoms. The van der Waals surface area contributed by atoms with Crippen LogP contribution in [0.1, 0.15) is 37.0 Å². The van der Waals surface area contributed by atoms with Crippen LogP contribution in [0.25, 0.3) is 10.8 Å². The quantitative estimate of drug-likeness (QED) is 0.433. The van der Waals surface area contributed by atoms with Crippen molar-refractivity contribution in [1.82, 2.24) is 10.9 Å². The van der Waals surface area contributed by atoms with E-state index in [1.807, 2.05) is 42.5 Å². The number of benzene rings is 3. The minimum Gasteiger partial charge on any atom is -0.494 e. The van der Waals surface area contributed by atoms with Crippen LogP contribution in [-0.4, -0.2) is 24.5 Å². The number of ether oxygens (including phenoxy) is 2. The summed E-state index contributed by atoms with van der Waals surface area (Å²) < 4.78 is 11.3. The number of hydrogen-bond donors (Lipinski definition) is 2. The summed E-state index contributed by atoms with van der Waals surface area (Å²) in [7, 11) is 0. The van der Waals surface area contributed by atoms with Gasteiger partial charge in [0.25, 0.3) is 11.8 Å². The van der Waals surface area contributed by atoms with Gasteiger partial charge in [0.1, 0.15) is 11.5 Å². The summed E-state index contributed by atoms with van der Waals surface area (Å²) in [5.41, 5.74) is 5.22. The fraction of sp³-hybridized carbons (Fsp3) is 0.250. The summed E-state index contributed by atoms with van der Waals surface area (Å²) in [4.78, 5) is 24.6. The van der Waals surface area contributed by atoms with Crippen LogP contribution in [0.2, 0.25) is 0 Å². The van der Waals surface area contributed by atoms with Crippen molar-refractivity contribution in [2.75, 3.05) is 6.61 Å². The number of amides is 2. The van der Waals surface area contributed by atoms with Crippen LogP contribution in [0.4, 0.5) is 0 Å². The maximum atomic E-state index is 12.3. The van der Waals surface area contributed by atoms with E-state index in [2.05, 4.69) is 17.8 Å². The highest BCUT2D eigenvalue weighted by molar-refractivity contribution is 5.96. The molecule has 0 aromatic heterocycles. The summed E-state index contributed by atoms with van der Waals surface area (Å²) in [5.74, 6) is 0.323. The first kappa shape index (κ1) is 21.2. The average molecular weight is 406 g/mol. The topological polar surface area (TPSA) is 76.7 Å². The Kier molecular flexibility index (Phi) is 7.27. The molecule has 0 aliphatic heterocycles. The Morgan fingerprint density at radius 3 is 2.50 bits per heavy atom. The van der Waals surface area contributed by atoms with Gasteiger partial charge < -0.3 is 9.47 Å². The highest BCUT2D eigenvalue weighted by Crippen LogP contribution is 2.21. The van der Waals surface area contributed by atoms with Gasteiger partial charge in [0.05, 0.1) is 6.61 Å². The zero-order chi connectivity index (χ0) is 21.3. The fourth-order valence-electron chi connectivity index (χ4n) is 2.85. The lowest BCUT2D eigenvalue weighted by Crippen LogP contribution is -2.47. The first-order valence-electron chi connectivity index (χ1n) is 10.1. The zero-order valence-corrected chi connectivity index (χ0v) is 17.2. The van der Waals surface area contributed by atoms with Gasteiger partial charge in [-0.25, -0.2) is 0 Å². The van der Waals surface area contributed by atoms with Gasteiger partial charge in [-0.3, -0.25) is 20.4 Å². The largest absolute Gasteiger partial charge is 0.494 e. The van der Waals surface area contributed by atoms with Gasteiger partial charge >= 0.3 is 0 Å². The molecule has 0 spiro atoms. The third-order valence-electron chi connectivity index (χ3n) is 4.57. The van der Waals surface area contributed by atoms with Crippen molar-refractivity contribution in [2.24, 2.45) is 0 Å². The average Bonchev–Trinajstić information content (AvgIpc) is 2.77. The second kappa shape index (κ2) is 10.3. The summed E-state index contributed by atoms with van der Waals surface area (Å²) in [6.45, 7) is 4.31. The fourth-order valence-corrected chi connectivity index (χ4v) is 2.85. The van der Waals surface area contributed by atoms with Crippen molar-refractivity contribution < 1.29 is 19.1 Å². The third-order valence-corrected chi connectivity index (χ3v) is 4.57. The molecule has 0 radical (unpaired) electrons. The van der Waals surface area contributed by atoms with Crippen molar-refractivity contribution >= 4 is 22.6 Å². The van der Waals surface area contributed by atoms with Crippen LogP contribution in [0.3, 0.4) is 0 Å². The van der Waals surface area contributed by atoms with Gasteiger partial charge in [0.15, 0.2) is 6.10 Å². The van der Waals surface area contributed by atoms with Crippen LogP contribution in [0, 0.1) is 0 Å². The Hall–Kier alpha value is -3.54. The molecule has 0 heterocycles. The number of unbranched alkanes of at least 4 members (excludes halogenated alkanes) is 1. The first-order chi connectivity index (χ1) is 14.6. The molecule has 0 saturated heterocycles. The van der Waals surface area contributed by atoms with Crippen LogP contribution in [0.15, 0.2) is 66.7 Å². The molecule has 3 aromatic carbocycles. The Balaban J connectivity index is 1.52. The summed E-state index contributed by atoms with van der Waals surface area (Å²) in [6.07, 6.45) is 1.20. The monoisotopic (exact) mass is 406 g/mol. The Morgan fingerprint density at radius 1 is 0.900 bits per heavy atom. The number of carbonyl (C=O) groups excluding carboxylic acids is 2. The zero-order valence-electron chi connectivity index (χ0n) is 17.2. The van der Waals surface area contributed by atoms with E-state index in [-0.39, 0.29) is 0 Å². The predicted octanol–water partition coefficient (Wildman–Crippen LogP) is 4.25. The highest BCUT2D eigenvalue weighted by atomic mass is 16.5. The van der Waals surface area contributed by atoms with E-state index >= 15 is 0 Å². The molecule has 2 amide bonds. The molecule has 2 N–H and O–H groups in total.